The van der Waals surface area contributed by atoms with Gasteiger partial charge in [0.2, 0.25) is 0 Å². The molecule has 0 saturated carbocycles. The number of hydrogen-bond donors (Lipinski definition) is 1. The van der Waals surface area contributed by atoms with E-state index in [1.165, 1.54) is 0 Å². The van der Waals surface area contributed by atoms with Crippen LogP contribution in [0.5, 0.6) is 0 Å². The van der Waals surface area contributed by atoms with Crippen LogP contribution >= 0.6 is 0 Å². The fraction of sp³-hybridized carbons (Fsp3) is 0.500. The molecule has 0 aliphatic heterocycles. The second-order valence-corrected chi connectivity index (χ2v) is 1.79. The van der Waals surface area contributed by atoms with Crippen LogP contribution in [0, 0.1) is 0 Å². The summed E-state index contributed by atoms with van der Waals surface area (Å²) in [6, 6.07) is 0. The highest BCUT2D eigenvalue weighted by atomic mass is 16.6. The van der Waals surface area contributed by atoms with Crippen molar-refractivity contribution in [2.24, 2.45) is 0 Å². The van der Waals surface area contributed by atoms with Crippen LogP contribution in [0.25, 0.3) is 0 Å². The molecular weight excluding hydrogens is 168 g/mol. The monoisotopic (exact) mass is 176 g/mol. The van der Waals surface area contributed by atoms with E-state index < -0.39 is 18.8 Å². The van der Waals surface area contributed by atoms with Gasteiger partial charge in [-0.3, -0.25) is 14.4 Å². The lowest BCUT2D eigenvalue weighted by Gasteiger charge is -2.16. The lowest BCUT2D eigenvalue weighted by molar-refractivity contribution is -0.156. The van der Waals surface area contributed by atoms with Gasteiger partial charge < -0.3 is 14.6 Å². The molecule has 0 aliphatic rings. The van der Waals surface area contributed by atoms with Crippen LogP contribution in [0.2, 0.25) is 0 Å². The Morgan fingerprint density at radius 1 is 1.17 bits per heavy atom. The Morgan fingerprint density at radius 3 is 2.08 bits per heavy atom. The number of ether oxygens (including phenoxy) is 2. The van der Waals surface area contributed by atoms with Crippen LogP contribution in [-0.2, 0) is 23.9 Å². The first-order valence-corrected chi connectivity index (χ1v) is 3.04. The maximum absolute atomic E-state index is 10.2. The lowest BCUT2D eigenvalue weighted by atomic mass is 10.2. The van der Waals surface area contributed by atoms with Crippen molar-refractivity contribution in [1.82, 2.24) is 0 Å². The van der Waals surface area contributed by atoms with E-state index in [0.29, 0.717) is 0 Å². The molecular formula is C6H8O6. The van der Waals surface area contributed by atoms with Crippen molar-refractivity contribution in [2.45, 2.75) is 12.2 Å². The van der Waals surface area contributed by atoms with Gasteiger partial charge in [-0.15, -0.1) is 0 Å². The van der Waals surface area contributed by atoms with E-state index in [2.05, 4.69) is 9.47 Å². The Hall–Kier alpha value is -1.43. The number of rotatable bonds is 7. The maximum Gasteiger partial charge on any atom is 0.293 e. The van der Waals surface area contributed by atoms with Gasteiger partial charge in [-0.2, -0.15) is 0 Å². The molecule has 0 fully saturated rings. The second kappa shape index (κ2) is 6.29. The highest BCUT2D eigenvalue weighted by Crippen LogP contribution is 1.98. The number of aliphatic hydroxyl groups excluding tert-OH is 1. The molecule has 0 bridgehead atoms. The van der Waals surface area contributed by atoms with Crippen molar-refractivity contribution in [1.29, 1.82) is 0 Å². The fourth-order valence-corrected chi connectivity index (χ4v) is 0.567. The SMILES string of the molecule is O=CO[C@@H](C=O)[C@@H](CO)OC=O. The minimum atomic E-state index is -1.25. The quantitative estimate of drug-likeness (QED) is 0.463. The van der Waals surface area contributed by atoms with Gasteiger partial charge in [0.05, 0.1) is 6.61 Å². The zero-order chi connectivity index (χ0) is 9.40. The summed E-state index contributed by atoms with van der Waals surface area (Å²) in [6.45, 7) is -0.489. The molecule has 1 N–H and O–H groups in total. The van der Waals surface area contributed by atoms with Crippen LogP contribution in [0.4, 0.5) is 0 Å². The van der Waals surface area contributed by atoms with Crippen molar-refractivity contribution in [3.63, 3.8) is 0 Å². The van der Waals surface area contributed by atoms with Gasteiger partial charge in [0, 0.05) is 0 Å². The Kier molecular flexibility index (Phi) is 5.54. The predicted octanol–water partition coefficient (Wildman–Crippen LogP) is -1.74. The van der Waals surface area contributed by atoms with Crippen LogP contribution in [0.15, 0.2) is 0 Å². The van der Waals surface area contributed by atoms with Gasteiger partial charge in [0.25, 0.3) is 12.9 Å². The molecule has 0 saturated heterocycles. The van der Waals surface area contributed by atoms with Crippen LogP contribution in [0.3, 0.4) is 0 Å². The standard InChI is InChI=1S/C6H8O6/c7-1-5(11-3-9)6(2-8)12-4-10/h1,3-6,8H,2H2/t5-,6+/m0/s1. The van der Waals surface area contributed by atoms with Crippen LogP contribution in [0.1, 0.15) is 0 Å². The summed E-state index contributed by atoms with van der Waals surface area (Å²) in [5.41, 5.74) is 0. The number of carbonyl (C=O) groups excluding carboxylic acids is 3. The van der Waals surface area contributed by atoms with Crippen LogP contribution < -0.4 is 0 Å². The van der Waals surface area contributed by atoms with Crippen molar-refractivity contribution >= 4 is 19.2 Å². The highest BCUT2D eigenvalue weighted by Gasteiger charge is 2.22. The average Bonchev–Trinajstić information content (AvgIpc) is 2.11. The number of hydrogen-bond acceptors (Lipinski definition) is 6. The van der Waals surface area contributed by atoms with Crippen molar-refractivity contribution in [2.75, 3.05) is 6.61 Å². The van der Waals surface area contributed by atoms with E-state index >= 15 is 0 Å². The molecule has 12 heavy (non-hydrogen) atoms. The third-order valence-electron chi connectivity index (χ3n) is 1.12. The zero-order valence-corrected chi connectivity index (χ0v) is 6.08. The van der Waals surface area contributed by atoms with E-state index in [0.717, 1.165) is 0 Å². The average molecular weight is 176 g/mol. The third-order valence-corrected chi connectivity index (χ3v) is 1.12. The molecule has 6 nitrogen and oxygen atoms in total. The van der Waals surface area contributed by atoms with Crippen molar-refractivity contribution < 1.29 is 29.0 Å². The molecule has 0 radical (unpaired) electrons. The first-order valence-electron chi connectivity index (χ1n) is 3.04. The van der Waals surface area contributed by atoms with Crippen molar-refractivity contribution in [3.05, 3.63) is 0 Å². The lowest BCUT2D eigenvalue weighted by Crippen LogP contribution is -2.35. The number of carbonyl (C=O) groups is 3. The molecule has 0 spiro atoms. The third kappa shape index (κ3) is 3.11. The number of aldehydes is 1. The summed E-state index contributed by atoms with van der Waals surface area (Å²) in [5.74, 6) is 0. The Bertz CT molecular complexity index is 156. The molecule has 0 rings (SSSR count). The first-order chi connectivity index (χ1) is 5.79. The molecule has 0 unspecified atom stereocenters. The molecule has 2 atom stereocenters. The summed E-state index contributed by atoms with van der Waals surface area (Å²) in [4.78, 5) is 29.8. The summed E-state index contributed by atoms with van der Waals surface area (Å²) in [5, 5.41) is 8.55. The van der Waals surface area contributed by atoms with Gasteiger partial charge in [0.15, 0.2) is 18.5 Å². The topological polar surface area (TPSA) is 89.9 Å². The maximum atomic E-state index is 10.2. The molecule has 0 aromatic heterocycles. The molecule has 0 aliphatic carbocycles. The smallest absolute Gasteiger partial charge is 0.293 e. The van der Waals surface area contributed by atoms with Gasteiger partial charge in [0.1, 0.15) is 0 Å². The van der Waals surface area contributed by atoms with Gasteiger partial charge in [-0.25, -0.2) is 0 Å². The highest BCUT2D eigenvalue weighted by molar-refractivity contribution is 5.60. The summed E-state index contributed by atoms with van der Waals surface area (Å²) < 4.78 is 8.46. The molecule has 6 heteroatoms. The molecule has 0 heterocycles. The summed E-state index contributed by atoms with van der Waals surface area (Å²) in [6.07, 6.45) is -2.12. The summed E-state index contributed by atoms with van der Waals surface area (Å²) in [7, 11) is 0. The van der Waals surface area contributed by atoms with E-state index in [9.17, 15) is 14.4 Å². The van der Waals surface area contributed by atoms with Gasteiger partial charge in [-0.05, 0) is 0 Å². The fourth-order valence-electron chi connectivity index (χ4n) is 0.567. The minimum Gasteiger partial charge on any atom is -0.458 e. The van der Waals surface area contributed by atoms with E-state index in [-0.39, 0.29) is 19.2 Å². The van der Waals surface area contributed by atoms with Gasteiger partial charge in [-0.1, -0.05) is 0 Å². The van der Waals surface area contributed by atoms with Crippen molar-refractivity contribution in [3.8, 4) is 0 Å². The predicted molar refractivity (Wildman–Crippen MR) is 35.0 cm³/mol. The molecule has 0 aromatic carbocycles. The van der Waals surface area contributed by atoms with Crippen LogP contribution in [-0.4, -0.2) is 43.2 Å². The first kappa shape index (κ1) is 10.6. The number of aliphatic hydroxyl groups is 1. The molecule has 68 valence electrons. The Balaban J connectivity index is 4.09. The van der Waals surface area contributed by atoms with E-state index in [1.807, 2.05) is 0 Å². The Morgan fingerprint density at radius 2 is 1.75 bits per heavy atom. The second-order valence-electron chi connectivity index (χ2n) is 1.79. The van der Waals surface area contributed by atoms with Gasteiger partial charge >= 0.3 is 0 Å². The summed E-state index contributed by atoms with van der Waals surface area (Å²) >= 11 is 0. The van der Waals surface area contributed by atoms with E-state index in [1.54, 1.807) is 0 Å². The molecule has 0 aromatic rings. The largest absolute Gasteiger partial charge is 0.458 e. The Labute approximate surface area is 68.1 Å². The van der Waals surface area contributed by atoms with E-state index in [4.69, 9.17) is 5.11 Å². The minimum absolute atomic E-state index is 0.0376. The normalized spacial score (nSPS) is 14.1. The zero-order valence-electron chi connectivity index (χ0n) is 6.08. The molecule has 0 amide bonds.